The Kier molecular flexibility index (Phi) is 4.20. The van der Waals surface area contributed by atoms with Crippen LogP contribution in [0.15, 0.2) is 24.3 Å². The van der Waals surface area contributed by atoms with E-state index in [0.717, 1.165) is 31.4 Å². The third-order valence-corrected chi connectivity index (χ3v) is 3.33. The van der Waals surface area contributed by atoms with Crippen LogP contribution in [0, 0.1) is 0 Å². The van der Waals surface area contributed by atoms with E-state index in [4.69, 9.17) is 5.11 Å². The van der Waals surface area contributed by atoms with Crippen LogP contribution in [0.4, 0.5) is 5.69 Å². The first kappa shape index (κ1) is 12.9. The van der Waals surface area contributed by atoms with E-state index in [1.54, 1.807) is 12.1 Å². The molecule has 1 aromatic rings. The number of nitrogens with one attached hydrogen (secondary N) is 1. The lowest BCUT2D eigenvalue weighted by atomic mass is 10.2. The van der Waals surface area contributed by atoms with Crippen LogP contribution in [-0.4, -0.2) is 41.7 Å². The summed E-state index contributed by atoms with van der Waals surface area (Å²) in [4.78, 5) is 13.2. The summed E-state index contributed by atoms with van der Waals surface area (Å²) < 4.78 is 0. The van der Waals surface area contributed by atoms with Crippen molar-refractivity contribution in [2.75, 3.05) is 25.0 Å². The molecule has 1 saturated carbocycles. The van der Waals surface area contributed by atoms with Crippen molar-refractivity contribution in [3.8, 4) is 0 Å². The Morgan fingerprint density at radius 2 is 2.06 bits per heavy atom. The van der Waals surface area contributed by atoms with E-state index in [9.17, 15) is 4.79 Å². The van der Waals surface area contributed by atoms with Gasteiger partial charge < -0.3 is 10.4 Å². The monoisotopic (exact) mass is 248 g/mol. The maximum absolute atomic E-state index is 10.7. The van der Waals surface area contributed by atoms with Crippen molar-refractivity contribution in [1.82, 2.24) is 4.90 Å². The van der Waals surface area contributed by atoms with Crippen LogP contribution >= 0.6 is 0 Å². The average molecular weight is 248 g/mol. The zero-order chi connectivity index (χ0) is 13.0. The van der Waals surface area contributed by atoms with Gasteiger partial charge in [0.05, 0.1) is 5.56 Å². The van der Waals surface area contributed by atoms with E-state index in [-0.39, 0.29) is 0 Å². The first-order chi connectivity index (χ1) is 8.70. The number of carboxylic acid groups (broad SMARTS) is 1. The van der Waals surface area contributed by atoms with E-state index in [2.05, 4.69) is 17.1 Å². The minimum atomic E-state index is -0.882. The molecule has 98 valence electrons. The van der Waals surface area contributed by atoms with Gasteiger partial charge in [-0.3, -0.25) is 4.90 Å². The summed E-state index contributed by atoms with van der Waals surface area (Å²) in [6.07, 6.45) is 2.67. The van der Waals surface area contributed by atoms with Gasteiger partial charge in [0.15, 0.2) is 0 Å². The van der Waals surface area contributed by atoms with Crippen molar-refractivity contribution in [2.24, 2.45) is 0 Å². The summed E-state index contributed by atoms with van der Waals surface area (Å²) in [6, 6.07) is 7.69. The van der Waals surface area contributed by atoms with E-state index < -0.39 is 5.97 Å². The zero-order valence-corrected chi connectivity index (χ0v) is 10.7. The van der Waals surface area contributed by atoms with Crippen LogP contribution in [0.3, 0.4) is 0 Å². The van der Waals surface area contributed by atoms with Crippen molar-refractivity contribution in [1.29, 1.82) is 0 Å². The molecule has 0 unspecified atom stereocenters. The molecule has 0 spiro atoms. The molecule has 2 N–H and O–H groups in total. The minimum absolute atomic E-state index is 0.328. The highest BCUT2D eigenvalue weighted by Crippen LogP contribution is 2.25. The zero-order valence-electron chi connectivity index (χ0n) is 10.7. The Balaban J connectivity index is 1.77. The number of carbonyl (C=O) groups is 1. The molecule has 0 bridgehead atoms. The number of likely N-dealkylation sites (N-methyl/N-ethyl adjacent to an activating group) is 1. The predicted octanol–water partition coefficient (Wildman–Crippen LogP) is 2.28. The van der Waals surface area contributed by atoms with Gasteiger partial charge in [0, 0.05) is 24.8 Å². The molecule has 0 heterocycles. The molecule has 0 aliphatic heterocycles. The topological polar surface area (TPSA) is 52.6 Å². The quantitative estimate of drug-likeness (QED) is 0.777. The second-order valence-electron chi connectivity index (χ2n) is 4.67. The van der Waals surface area contributed by atoms with E-state index in [0.29, 0.717) is 5.56 Å². The fourth-order valence-corrected chi connectivity index (χ4v) is 2.11. The molecule has 18 heavy (non-hydrogen) atoms. The van der Waals surface area contributed by atoms with Crippen molar-refractivity contribution in [3.63, 3.8) is 0 Å². The largest absolute Gasteiger partial charge is 0.478 e. The lowest BCUT2D eigenvalue weighted by Crippen LogP contribution is -2.30. The molecular weight excluding hydrogens is 228 g/mol. The smallest absolute Gasteiger partial charge is 0.335 e. The van der Waals surface area contributed by atoms with Gasteiger partial charge in [-0.2, -0.15) is 0 Å². The van der Waals surface area contributed by atoms with Gasteiger partial charge in [0.2, 0.25) is 0 Å². The van der Waals surface area contributed by atoms with Gasteiger partial charge in [-0.1, -0.05) is 6.92 Å². The molecule has 0 radical (unpaired) electrons. The maximum Gasteiger partial charge on any atom is 0.335 e. The highest BCUT2D eigenvalue weighted by atomic mass is 16.4. The number of rotatable bonds is 7. The fraction of sp³-hybridized carbons (Fsp3) is 0.500. The number of hydrogen-bond acceptors (Lipinski definition) is 3. The summed E-state index contributed by atoms with van der Waals surface area (Å²) in [5, 5.41) is 12.1. The van der Waals surface area contributed by atoms with Crippen molar-refractivity contribution >= 4 is 11.7 Å². The third-order valence-electron chi connectivity index (χ3n) is 3.33. The van der Waals surface area contributed by atoms with Crippen LogP contribution in [0.1, 0.15) is 30.1 Å². The molecule has 1 aliphatic rings. The number of anilines is 1. The lowest BCUT2D eigenvalue weighted by Gasteiger charge is -2.20. The molecule has 2 rings (SSSR count). The average Bonchev–Trinajstić information content (AvgIpc) is 3.19. The van der Waals surface area contributed by atoms with Gasteiger partial charge in [-0.15, -0.1) is 0 Å². The van der Waals surface area contributed by atoms with Gasteiger partial charge in [0.25, 0.3) is 0 Å². The van der Waals surface area contributed by atoms with Crippen LogP contribution < -0.4 is 5.32 Å². The molecule has 0 saturated heterocycles. The Morgan fingerprint density at radius 1 is 1.39 bits per heavy atom. The van der Waals surface area contributed by atoms with Gasteiger partial charge in [-0.05, 0) is 43.7 Å². The summed E-state index contributed by atoms with van der Waals surface area (Å²) >= 11 is 0. The van der Waals surface area contributed by atoms with E-state index >= 15 is 0 Å². The SMILES string of the molecule is CCN(CCNc1ccc(C(=O)O)cc1)C1CC1. The molecule has 1 aromatic carbocycles. The summed E-state index contributed by atoms with van der Waals surface area (Å²) in [5.41, 5.74) is 1.31. The number of hydrogen-bond donors (Lipinski definition) is 2. The molecule has 0 atom stereocenters. The fourth-order valence-electron chi connectivity index (χ4n) is 2.11. The highest BCUT2D eigenvalue weighted by Gasteiger charge is 2.26. The van der Waals surface area contributed by atoms with Crippen LogP contribution in [0.2, 0.25) is 0 Å². The molecule has 1 fully saturated rings. The second kappa shape index (κ2) is 5.87. The van der Waals surface area contributed by atoms with Gasteiger partial charge >= 0.3 is 5.97 Å². The van der Waals surface area contributed by atoms with Gasteiger partial charge in [0.1, 0.15) is 0 Å². The van der Waals surface area contributed by atoms with E-state index in [1.807, 2.05) is 12.1 Å². The Hall–Kier alpha value is -1.55. The number of aromatic carboxylic acids is 1. The Labute approximate surface area is 108 Å². The van der Waals surface area contributed by atoms with Crippen molar-refractivity contribution in [2.45, 2.75) is 25.8 Å². The van der Waals surface area contributed by atoms with Crippen LogP contribution in [-0.2, 0) is 0 Å². The molecule has 4 nitrogen and oxygen atoms in total. The highest BCUT2D eigenvalue weighted by molar-refractivity contribution is 5.87. The first-order valence-electron chi connectivity index (χ1n) is 6.52. The van der Waals surface area contributed by atoms with Crippen molar-refractivity contribution < 1.29 is 9.90 Å². The van der Waals surface area contributed by atoms with Crippen LogP contribution in [0.25, 0.3) is 0 Å². The Morgan fingerprint density at radius 3 is 2.56 bits per heavy atom. The molecule has 1 aliphatic carbocycles. The maximum atomic E-state index is 10.7. The second-order valence-corrected chi connectivity index (χ2v) is 4.67. The van der Waals surface area contributed by atoms with Crippen LogP contribution in [0.5, 0.6) is 0 Å². The molecule has 0 amide bonds. The number of carboxylic acids is 1. The molecular formula is C14H20N2O2. The molecule has 4 heteroatoms. The minimum Gasteiger partial charge on any atom is -0.478 e. The normalized spacial score (nSPS) is 14.8. The number of nitrogens with zero attached hydrogens (tertiary/aromatic N) is 1. The first-order valence-corrected chi connectivity index (χ1v) is 6.52. The third kappa shape index (κ3) is 3.47. The summed E-state index contributed by atoms with van der Waals surface area (Å²) in [5.74, 6) is -0.882. The summed E-state index contributed by atoms with van der Waals surface area (Å²) in [6.45, 7) is 5.24. The summed E-state index contributed by atoms with van der Waals surface area (Å²) in [7, 11) is 0. The van der Waals surface area contributed by atoms with Crippen molar-refractivity contribution in [3.05, 3.63) is 29.8 Å². The predicted molar refractivity (Wildman–Crippen MR) is 72.2 cm³/mol. The molecule has 0 aromatic heterocycles. The van der Waals surface area contributed by atoms with E-state index in [1.165, 1.54) is 12.8 Å². The van der Waals surface area contributed by atoms with Gasteiger partial charge in [-0.25, -0.2) is 4.79 Å². The number of benzene rings is 1. The lowest BCUT2D eigenvalue weighted by molar-refractivity contribution is 0.0697. The Bertz CT molecular complexity index is 399. The standard InChI is InChI=1S/C14H20N2O2/c1-2-16(13-7-8-13)10-9-15-12-5-3-11(4-6-12)14(17)18/h3-6,13,15H,2,7-10H2,1H3,(H,17,18).